The molecule has 0 aromatic rings. The molecule has 1 saturated carbocycles. The average molecular weight is 296 g/mol. The minimum atomic E-state index is -0.671. The molecule has 0 radical (unpaired) electrons. The first-order chi connectivity index (χ1) is 9.82. The molecule has 1 aliphatic heterocycles. The molecule has 2 fully saturated rings. The summed E-state index contributed by atoms with van der Waals surface area (Å²) in [6, 6.07) is 0.357. The predicted molar refractivity (Wildman–Crippen MR) is 86.1 cm³/mol. The second-order valence-corrected chi connectivity index (χ2v) is 7.39. The van der Waals surface area contributed by atoms with E-state index in [4.69, 9.17) is 5.73 Å². The van der Waals surface area contributed by atoms with Gasteiger partial charge in [0.05, 0.1) is 5.54 Å². The fraction of sp³-hybridized carbons (Fsp3) is 0.938. The van der Waals surface area contributed by atoms with Crippen molar-refractivity contribution in [2.45, 2.75) is 44.2 Å². The molecule has 2 rings (SSSR count). The van der Waals surface area contributed by atoms with Crippen LogP contribution < -0.4 is 5.73 Å². The van der Waals surface area contributed by atoms with Crippen LogP contribution in [0.15, 0.2) is 0 Å². The Morgan fingerprint density at radius 1 is 1.19 bits per heavy atom. The van der Waals surface area contributed by atoms with E-state index < -0.39 is 5.54 Å². The Morgan fingerprint density at radius 3 is 2.24 bits per heavy atom. The Hall–Kier alpha value is -0.650. The summed E-state index contributed by atoms with van der Waals surface area (Å²) in [7, 11) is 6.26. The van der Waals surface area contributed by atoms with E-state index in [1.807, 2.05) is 6.92 Å². The van der Waals surface area contributed by atoms with E-state index in [1.165, 1.54) is 0 Å². The summed E-state index contributed by atoms with van der Waals surface area (Å²) in [5, 5.41) is 0. The van der Waals surface area contributed by atoms with Gasteiger partial charge in [0.2, 0.25) is 5.91 Å². The van der Waals surface area contributed by atoms with Crippen molar-refractivity contribution in [3.8, 4) is 0 Å². The summed E-state index contributed by atoms with van der Waals surface area (Å²) in [6.45, 7) is 5.77. The predicted octanol–water partition coefficient (Wildman–Crippen LogP) is 0.598. The summed E-state index contributed by atoms with van der Waals surface area (Å²) in [6.07, 6.45) is 4.34. The smallest absolute Gasteiger partial charge is 0.242 e. The molecule has 122 valence electrons. The van der Waals surface area contributed by atoms with Gasteiger partial charge in [0.15, 0.2) is 0 Å². The van der Waals surface area contributed by atoms with Crippen molar-refractivity contribution in [2.75, 3.05) is 47.3 Å². The molecule has 1 atom stereocenters. The number of nitrogens with two attached hydrogens (primary N) is 1. The number of nitrogens with zero attached hydrogens (tertiary/aromatic N) is 3. The van der Waals surface area contributed by atoms with Crippen molar-refractivity contribution in [1.82, 2.24) is 14.7 Å². The lowest BCUT2D eigenvalue weighted by molar-refractivity contribution is -0.140. The van der Waals surface area contributed by atoms with Gasteiger partial charge in [-0.25, -0.2) is 0 Å². The van der Waals surface area contributed by atoms with E-state index in [-0.39, 0.29) is 5.91 Å². The zero-order valence-electron chi connectivity index (χ0n) is 14.1. The first-order valence-corrected chi connectivity index (χ1v) is 8.25. The fourth-order valence-electron chi connectivity index (χ4n) is 3.23. The summed E-state index contributed by atoms with van der Waals surface area (Å²) in [5.41, 5.74) is 5.72. The zero-order chi connectivity index (χ0) is 15.6. The highest BCUT2D eigenvalue weighted by Gasteiger charge is 2.47. The molecule has 1 saturated heterocycles. The highest BCUT2D eigenvalue weighted by atomic mass is 16.2. The van der Waals surface area contributed by atoms with Gasteiger partial charge in [0.1, 0.15) is 0 Å². The number of rotatable bonds is 6. The molecular formula is C16H32N4O. The molecule has 1 unspecified atom stereocenters. The largest absolute Gasteiger partial charge is 0.337 e. The van der Waals surface area contributed by atoms with Gasteiger partial charge in [-0.3, -0.25) is 4.79 Å². The van der Waals surface area contributed by atoms with Crippen molar-refractivity contribution in [3.05, 3.63) is 0 Å². The van der Waals surface area contributed by atoms with Crippen LogP contribution in [-0.2, 0) is 4.79 Å². The summed E-state index contributed by atoms with van der Waals surface area (Å²) >= 11 is 0. The lowest BCUT2D eigenvalue weighted by Gasteiger charge is -2.41. The Morgan fingerprint density at radius 2 is 1.76 bits per heavy atom. The van der Waals surface area contributed by atoms with Gasteiger partial charge in [-0.1, -0.05) is 0 Å². The Kier molecular flexibility index (Phi) is 5.28. The maximum absolute atomic E-state index is 13.0. The van der Waals surface area contributed by atoms with Crippen molar-refractivity contribution >= 4 is 5.91 Å². The van der Waals surface area contributed by atoms with Gasteiger partial charge in [0, 0.05) is 19.1 Å². The van der Waals surface area contributed by atoms with E-state index in [1.54, 1.807) is 0 Å². The van der Waals surface area contributed by atoms with Gasteiger partial charge < -0.3 is 20.4 Å². The van der Waals surface area contributed by atoms with Crippen LogP contribution in [0.2, 0.25) is 0 Å². The molecule has 2 aliphatic rings. The first-order valence-electron chi connectivity index (χ1n) is 8.25. The number of piperidine rings is 1. The second-order valence-electron chi connectivity index (χ2n) is 7.39. The third-order valence-corrected chi connectivity index (χ3v) is 5.06. The van der Waals surface area contributed by atoms with Crippen LogP contribution in [0.3, 0.4) is 0 Å². The minimum Gasteiger partial charge on any atom is -0.337 e. The van der Waals surface area contributed by atoms with Crippen LogP contribution in [0.5, 0.6) is 0 Å². The number of hydrogen-bond acceptors (Lipinski definition) is 4. The van der Waals surface area contributed by atoms with Gasteiger partial charge in [0.25, 0.3) is 0 Å². The number of amides is 1. The number of carbonyl (C=O) groups is 1. The molecule has 1 amide bonds. The monoisotopic (exact) mass is 296 g/mol. The van der Waals surface area contributed by atoms with Crippen molar-refractivity contribution in [2.24, 2.45) is 11.7 Å². The number of likely N-dealkylation sites (N-methyl/N-ethyl adjacent to an activating group) is 1. The highest BCUT2D eigenvalue weighted by molar-refractivity contribution is 5.86. The van der Waals surface area contributed by atoms with Crippen LogP contribution in [0.4, 0.5) is 0 Å². The minimum absolute atomic E-state index is 0.168. The van der Waals surface area contributed by atoms with E-state index in [9.17, 15) is 4.79 Å². The molecule has 5 nitrogen and oxygen atoms in total. The standard InChI is InChI=1S/C16H32N4O/c1-16(17,13-5-6-13)15(21)20(12-11-18(2)3)14-7-9-19(4)10-8-14/h13-14H,5-12,17H2,1-4H3. The van der Waals surface area contributed by atoms with Crippen molar-refractivity contribution < 1.29 is 4.79 Å². The third-order valence-electron chi connectivity index (χ3n) is 5.06. The fourth-order valence-corrected chi connectivity index (χ4v) is 3.23. The Balaban J connectivity index is 2.05. The highest BCUT2D eigenvalue weighted by Crippen LogP contribution is 2.39. The molecule has 0 aromatic heterocycles. The van der Waals surface area contributed by atoms with Crippen LogP contribution in [0.25, 0.3) is 0 Å². The summed E-state index contributed by atoms with van der Waals surface area (Å²) in [5.74, 6) is 0.555. The quantitative estimate of drug-likeness (QED) is 0.780. The first kappa shape index (κ1) is 16.7. The van der Waals surface area contributed by atoms with Gasteiger partial charge >= 0.3 is 0 Å². The van der Waals surface area contributed by atoms with Gasteiger partial charge in [-0.15, -0.1) is 0 Å². The van der Waals surface area contributed by atoms with Crippen molar-refractivity contribution in [1.29, 1.82) is 0 Å². The maximum Gasteiger partial charge on any atom is 0.242 e. The van der Waals surface area contributed by atoms with E-state index >= 15 is 0 Å². The van der Waals surface area contributed by atoms with Gasteiger partial charge in [-0.2, -0.15) is 0 Å². The number of hydrogen-bond donors (Lipinski definition) is 1. The molecule has 0 spiro atoms. The Bertz CT molecular complexity index is 357. The molecule has 0 bridgehead atoms. The number of carbonyl (C=O) groups excluding carboxylic acids is 1. The van der Waals surface area contributed by atoms with E-state index in [2.05, 4.69) is 35.8 Å². The van der Waals surface area contributed by atoms with Crippen LogP contribution in [0, 0.1) is 5.92 Å². The summed E-state index contributed by atoms with van der Waals surface area (Å²) < 4.78 is 0. The van der Waals surface area contributed by atoms with E-state index in [0.29, 0.717) is 12.0 Å². The van der Waals surface area contributed by atoms with E-state index in [0.717, 1.165) is 51.9 Å². The maximum atomic E-state index is 13.0. The molecule has 2 N–H and O–H groups in total. The number of likely N-dealkylation sites (tertiary alicyclic amines) is 1. The topological polar surface area (TPSA) is 52.8 Å². The second kappa shape index (κ2) is 6.63. The average Bonchev–Trinajstić information content (AvgIpc) is 3.25. The zero-order valence-corrected chi connectivity index (χ0v) is 14.1. The Labute approximate surface area is 129 Å². The molecule has 21 heavy (non-hydrogen) atoms. The molecule has 1 heterocycles. The van der Waals surface area contributed by atoms with Crippen LogP contribution >= 0.6 is 0 Å². The third kappa shape index (κ3) is 4.18. The lowest BCUT2D eigenvalue weighted by Crippen LogP contribution is -2.59. The molecular weight excluding hydrogens is 264 g/mol. The molecule has 0 aromatic carbocycles. The molecule has 1 aliphatic carbocycles. The lowest BCUT2D eigenvalue weighted by atomic mass is 9.93. The van der Waals surface area contributed by atoms with Crippen LogP contribution in [-0.4, -0.2) is 79.5 Å². The summed E-state index contributed by atoms with van der Waals surface area (Å²) in [4.78, 5) is 19.6. The molecule has 5 heteroatoms. The SMILES string of the molecule is CN(C)CCN(C(=O)C(C)(N)C1CC1)C1CCN(C)CC1. The van der Waals surface area contributed by atoms with Gasteiger partial charge in [-0.05, 0) is 72.8 Å². The van der Waals surface area contributed by atoms with Crippen LogP contribution in [0.1, 0.15) is 32.6 Å². The normalized spacial score (nSPS) is 24.1. The van der Waals surface area contributed by atoms with Crippen molar-refractivity contribution in [3.63, 3.8) is 0 Å².